The minimum atomic E-state index is -1.02. The zero-order valence-electron chi connectivity index (χ0n) is 32.8. The fourth-order valence-electron chi connectivity index (χ4n) is 7.54. The van der Waals surface area contributed by atoms with Gasteiger partial charge in [0.1, 0.15) is 23.0 Å². The summed E-state index contributed by atoms with van der Waals surface area (Å²) in [5.41, 5.74) is 6.10. The van der Waals surface area contributed by atoms with Crippen LogP contribution in [0.5, 0.6) is 17.2 Å². The average molecular weight is 764 g/mol. The Balaban J connectivity index is 0.999. The van der Waals surface area contributed by atoms with Gasteiger partial charge in [-0.25, -0.2) is 0 Å². The summed E-state index contributed by atoms with van der Waals surface area (Å²) in [5, 5.41) is 0. The number of methoxy groups -OCH3 is 2. The molecule has 0 N–H and O–H groups in total. The van der Waals surface area contributed by atoms with Crippen LogP contribution < -0.4 is 14.2 Å². The molecular weight excluding hydrogens is 715 g/mol. The second-order valence-electron chi connectivity index (χ2n) is 14.4. The van der Waals surface area contributed by atoms with Crippen LogP contribution >= 0.6 is 0 Å². The molecule has 1 fully saturated rings. The summed E-state index contributed by atoms with van der Waals surface area (Å²) in [6, 6.07) is 9.85. The highest BCUT2D eigenvalue weighted by atomic mass is 16.5. The normalized spacial score (nSPS) is 16.0. The van der Waals surface area contributed by atoms with Crippen LogP contribution in [0.3, 0.4) is 0 Å². The van der Waals surface area contributed by atoms with Gasteiger partial charge in [-0.05, 0) is 74.6 Å². The molecule has 1 aromatic heterocycles. The van der Waals surface area contributed by atoms with Gasteiger partial charge in [-0.3, -0.25) is 34.0 Å². The molecule has 0 bridgehead atoms. The number of nitrogens with zero attached hydrogens (tertiary/aromatic N) is 5. The lowest BCUT2D eigenvalue weighted by Gasteiger charge is -2.35. The summed E-state index contributed by atoms with van der Waals surface area (Å²) in [7, 11) is 5.29. The molecule has 0 spiro atoms. The van der Waals surface area contributed by atoms with Gasteiger partial charge in [0.2, 0.25) is 5.91 Å². The Kier molecular flexibility index (Phi) is 12.3. The number of hydrogen-bond acceptors (Lipinski definition) is 11. The van der Waals surface area contributed by atoms with Crippen molar-refractivity contribution in [3.8, 4) is 17.2 Å². The number of ether oxygens (including phenoxy) is 3. The number of ketones is 2. The monoisotopic (exact) mass is 763 g/mol. The Morgan fingerprint density at radius 2 is 1.59 bits per heavy atom. The lowest BCUT2D eigenvalue weighted by atomic mass is 9.91. The van der Waals surface area contributed by atoms with Gasteiger partial charge in [0.05, 0.1) is 43.6 Å². The first-order valence-electron chi connectivity index (χ1n) is 18.9. The largest absolute Gasteiger partial charge is 0.496 e. The number of aromatic nitrogens is 1. The number of benzene rings is 2. The van der Waals surface area contributed by atoms with Crippen LogP contribution in [0, 0.1) is 0 Å². The second kappa shape index (κ2) is 17.3. The van der Waals surface area contributed by atoms with Crippen LogP contribution in [0.2, 0.25) is 0 Å². The Bertz CT molecular complexity index is 2060. The molecule has 13 nitrogen and oxygen atoms in total. The van der Waals surface area contributed by atoms with Gasteiger partial charge in [0, 0.05) is 88.0 Å². The number of Topliss-reactive ketones (excluding diaryl/α,β-unsaturated/α-hetero) is 2. The average Bonchev–Trinajstić information content (AvgIpc) is 3.45. The number of rotatable bonds is 16. The molecule has 2 aromatic carbocycles. The van der Waals surface area contributed by atoms with Crippen molar-refractivity contribution in [1.29, 1.82) is 0 Å². The highest BCUT2D eigenvalue weighted by molar-refractivity contribution is 6.24. The summed E-state index contributed by atoms with van der Waals surface area (Å²) in [4.78, 5) is 75.2. The molecular formula is C43H49N5O8. The summed E-state index contributed by atoms with van der Waals surface area (Å²) >= 11 is 0. The molecule has 3 amide bonds. The van der Waals surface area contributed by atoms with E-state index in [1.165, 1.54) is 19.9 Å². The third kappa shape index (κ3) is 8.23. The first kappa shape index (κ1) is 39.9. The van der Waals surface area contributed by atoms with E-state index in [-0.39, 0.29) is 53.8 Å². The van der Waals surface area contributed by atoms with Crippen molar-refractivity contribution >= 4 is 40.6 Å². The van der Waals surface area contributed by atoms with Crippen molar-refractivity contribution in [2.24, 2.45) is 0 Å². The SMILES string of the molecule is C=C1c2cnccc2C(c2cc(OC)c(CN3CCN(C(=O)CCCCOc4cccc5c4C(=O)N(C(CCC(C)=O)C(C)=O)C5=O)CC3)c(OC)c2)=CN1C. The van der Waals surface area contributed by atoms with E-state index in [1.54, 1.807) is 32.5 Å². The third-order valence-corrected chi connectivity index (χ3v) is 10.7. The van der Waals surface area contributed by atoms with Crippen molar-refractivity contribution in [3.05, 3.63) is 95.0 Å². The van der Waals surface area contributed by atoms with Gasteiger partial charge in [0.15, 0.2) is 5.78 Å². The molecule has 13 heteroatoms. The molecule has 1 atom stereocenters. The number of unbranched alkanes of at least 4 members (excludes halogenated alkanes) is 1. The summed E-state index contributed by atoms with van der Waals surface area (Å²) < 4.78 is 17.8. The highest BCUT2D eigenvalue weighted by Gasteiger charge is 2.43. The van der Waals surface area contributed by atoms with E-state index in [1.807, 2.05) is 41.2 Å². The molecule has 1 unspecified atom stereocenters. The molecule has 3 aliphatic rings. The lowest BCUT2D eigenvalue weighted by molar-refractivity contribution is -0.133. The number of carbonyl (C=O) groups is 5. The van der Waals surface area contributed by atoms with Crippen molar-refractivity contribution in [3.63, 3.8) is 0 Å². The van der Waals surface area contributed by atoms with Gasteiger partial charge in [-0.15, -0.1) is 0 Å². The minimum Gasteiger partial charge on any atom is -0.496 e. The molecule has 0 saturated carbocycles. The molecule has 6 rings (SSSR count). The molecule has 4 heterocycles. The van der Waals surface area contributed by atoms with Crippen LogP contribution in [0.1, 0.15) is 88.9 Å². The molecule has 1 saturated heterocycles. The third-order valence-electron chi connectivity index (χ3n) is 10.7. The van der Waals surface area contributed by atoms with E-state index in [4.69, 9.17) is 14.2 Å². The molecule has 294 valence electrons. The van der Waals surface area contributed by atoms with E-state index >= 15 is 0 Å². The number of fused-ring (bicyclic) bond motifs is 2. The van der Waals surface area contributed by atoms with Gasteiger partial charge < -0.3 is 28.8 Å². The van der Waals surface area contributed by atoms with E-state index in [2.05, 4.69) is 22.7 Å². The van der Waals surface area contributed by atoms with E-state index in [0.29, 0.717) is 52.0 Å². The number of pyridine rings is 1. The Hall–Kier alpha value is -5.82. The maximum atomic E-state index is 13.4. The first-order valence-corrected chi connectivity index (χ1v) is 18.9. The number of piperazine rings is 1. The number of hydrogen-bond donors (Lipinski definition) is 0. The zero-order chi connectivity index (χ0) is 40.1. The van der Waals surface area contributed by atoms with Crippen molar-refractivity contribution in [2.45, 2.75) is 58.5 Å². The standard InChI is InChI=1S/C43H49N5O8/c1-27(49)13-14-36(29(3)50)48-42(52)32-10-9-11-37(41(32)43(48)53)56-21-8-7-12-40(51)47-19-17-46(18-20-47)26-35-38(54-5)22-30(23-39(35)55-6)34-25-45(4)28(2)33-24-44-16-15-31(33)34/h9-11,15-16,22-25,36H,2,7-8,12-14,17-21,26H2,1,3-6H3. The Morgan fingerprint density at radius 3 is 2.25 bits per heavy atom. The predicted molar refractivity (Wildman–Crippen MR) is 210 cm³/mol. The number of carbonyl (C=O) groups excluding carboxylic acids is 5. The maximum absolute atomic E-state index is 13.4. The van der Waals surface area contributed by atoms with Crippen LogP contribution in [-0.2, 0) is 20.9 Å². The van der Waals surface area contributed by atoms with E-state index in [0.717, 1.165) is 49.9 Å². The zero-order valence-corrected chi connectivity index (χ0v) is 32.8. The molecule has 56 heavy (non-hydrogen) atoms. The van der Waals surface area contributed by atoms with Crippen molar-refractivity contribution in [2.75, 3.05) is 54.1 Å². The van der Waals surface area contributed by atoms with E-state index in [9.17, 15) is 24.0 Å². The highest BCUT2D eigenvalue weighted by Crippen LogP contribution is 2.40. The van der Waals surface area contributed by atoms with Gasteiger partial charge in [-0.1, -0.05) is 12.6 Å². The fraction of sp³-hybridized carbons (Fsp3) is 0.395. The smallest absolute Gasteiger partial charge is 0.266 e. The van der Waals surface area contributed by atoms with Crippen LogP contribution in [-0.4, -0.2) is 114 Å². The van der Waals surface area contributed by atoms with Crippen LogP contribution in [0.4, 0.5) is 0 Å². The molecule has 3 aliphatic heterocycles. The quantitative estimate of drug-likeness (QED) is 0.140. The Morgan fingerprint density at radius 1 is 0.875 bits per heavy atom. The molecule has 3 aromatic rings. The summed E-state index contributed by atoms with van der Waals surface area (Å²) in [6.45, 7) is 10.4. The predicted octanol–water partition coefficient (Wildman–Crippen LogP) is 5.22. The van der Waals surface area contributed by atoms with Gasteiger partial charge >= 0.3 is 0 Å². The second-order valence-corrected chi connectivity index (χ2v) is 14.4. The van der Waals surface area contributed by atoms with E-state index < -0.39 is 17.9 Å². The fourth-order valence-corrected chi connectivity index (χ4v) is 7.54. The maximum Gasteiger partial charge on any atom is 0.266 e. The first-order chi connectivity index (χ1) is 26.9. The van der Waals surface area contributed by atoms with Crippen LogP contribution in [0.15, 0.2) is 61.6 Å². The number of amides is 3. The summed E-state index contributed by atoms with van der Waals surface area (Å²) in [6.07, 6.45) is 7.34. The van der Waals surface area contributed by atoms with Gasteiger partial charge in [-0.2, -0.15) is 0 Å². The van der Waals surface area contributed by atoms with Crippen molar-refractivity contribution < 1.29 is 38.2 Å². The number of imide groups is 1. The van der Waals surface area contributed by atoms with Crippen molar-refractivity contribution in [1.82, 2.24) is 24.6 Å². The topological polar surface area (TPSA) is 139 Å². The summed E-state index contributed by atoms with van der Waals surface area (Å²) in [5.74, 6) is 0.119. The molecule has 0 radical (unpaired) electrons. The van der Waals surface area contributed by atoms with Gasteiger partial charge in [0.25, 0.3) is 11.8 Å². The minimum absolute atomic E-state index is 0.0749. The molecule has 0 aliphatic carbocycles. The Labute approximate surface area is 327 Å². The lowest BCUT2D eigenvalue weighted by Crippen LogP contribution is -2.48. The van der Waals surface area contributed by atoms with Crippen LogP contribution in [0.25, 0.3) is 11.3 Å².